The van der Waals surface area contributed by atoms with Crippen molar-refractivity contribution in [3.63, 3.8) is 0 Å². The highest BCUT2D eigenvalue weighted by molar-refractivity contribution is 5.79. The molecule has 3 rings (SSSR count). The summed E-state index contributed by atoms with van der Waals surface area (Å²) in [5, 5.41) is 3.26. The number of benzene rings is 1. The van der Waals surface area contributed by atoms with Crippen LogP contribution in [0.25, 0.3) is 0 Å². The highest BCUT2D eigenvalue weighted by Crippen LogP contribution is 2.38. The van der Waals surface area contributed by atoms with Crippen molar-refractivity contribution in [2.24, 2.45) is 0 Å². The summed E-state index contributed by atoms with van der Waals surface area (Å²) in [4.78, 5) is 15.4. The molecule has 0 aromatic heterocycles. The number of carbonyl (C=O) groups excluding carboxylic acids is 1. The van der Waals surface area contributed by atoms with Crippen LogP contribution in [0.1, 0.15) is 56.9 Å². The van der Waals surface area contributed by atoms with Gasteiger partial charge in [-0.3, -0.25) is 9.69 Å². The second-order valence-electron chi connectivity index (χ2n) is 8.26. The molecule has 1 N–H and O–H groups in total. The van der Waals surface area contributed by atoms with Crippen molar-refractivity contribution in [2.75, 3.05) is 34.4 Å². The smallest absolute Gasteiger partial charge is 0.224 e. The molecular weight excluding hydrogens is 368 g/mol. The Morgan fingerprint density at radius 3 is 2.21 bits per heavy atom. The minimum absolute atomic E-state index is 0.0481. The lowest BCUT2D eigenvalue weighted by Crippen LogP contribution is -2.51. The van der Waals surface area contributed by atoms with Gasteiger partial charge in [-0.15, -0.1) is 0 Å². The topological polar surface area (TPSA) is 60.0 Å². The highest BCUT2D eigenvalue weighted by atomic mass is 16.5. The molecule has 6 nitrogen and oxygen atoms in total. The van der Waals surface area contributed by atoms with Crippen LogP contribution < -0.4 is 19.5 Å². The van der Waals surface area contributed by atoms with Crippen LogP contribution in [0, 0.1) is 0 Å². The van der Waals surface area contributed by atoms with E-state index in [4.69, 9.17) is 14.2 Å². The molecule has 2 fully saturated rings. The normalized spacial score (nSPS) is 21.3. The minimum atomic E-state index is 0.0481. The molecule has 29 heavy (non-hydrogen) atoms. The standard InChI is InChI=1S/C23H36N2O4/c1-27-20-13-17(14-21(28-2)23(20)29-3)15-22(26)24-18-9-8-12-25(16-18)19-10-6-4-5-7-11-19/h13-14,18-19H,4-12,15-16H2,1-3H3,(H,24,26)/t18-/m1/s1. The number of nitrogens with one attached hydrogen (secondary N) is 1. The van der Waals surface area contributed by atoms with Gasteiger partial charge in [-0.05, 0) is 49.9 Å². The first kappa shape index (κ1) is 21.8. The van der Waals surface area contributed by atoms with Crippen LogP contribution in [0.2, 0.25) is 0 Å². The second kappa shape index (κ2) is 10.7. The fraction of sp³-hybridized carbons (Fsp3) is 0.696. The summed E-state index contributed by atoms with van der Waals surface area (Å²) in [5.41, 5.74) is 0.855. The van der Waals surface area contributed by atoms with Gasteiger partial charge in [0.1, 0.15) is 0 Å². The van der Waals surface area contributed by atoms with E-state index < -0.39 is 0 Å². The zero-order valence-electron chi connectivity index (χ0n) is 18.2. The fourth-order valence-corrected chi connectivity index (χ4v) is 4.78. The van der Waals surface area contributed by atoms with Crippen LogP contribution in [0.5, 0.6) is 17.2 Å². The number of methoxy groups -OCH3 is 3. The van der Waals surface area contributed by atoms with Gasteiger partial charge in [0.05, 0.1) is 27.8 Å². The van der Waals surface area contributed by atoms with Gasteiger partial charge in [-0.2, -0.15) is 0 Å². The van der Waals surface area contributed by atoms with E-state index in [-0.39, 0.29) is 11.9 Å². The Morgan fingerprint density at radius 1 is 0.966 bits per heavy atom. The molecule has 1 amide bonds. The third-order valence-corrected chi connectivity index (χ3v) is 6.25. The third kappa shape index (κ3) is 5.78. The van der Waals surface area contributed by atoms with Crippen molar-refractivity contribution in [3.8, 4) is 17.2 Å². The fourth-order valence-electron chi connectivity index (χ4n) is 4.78. The molecule has 1 saturated heterocycles. The Hall–Kier alpha value is -1.95. The van der Waals surface area contributed by atoms with Crippen molar-refractivity contribution >= 4 is 5.91 Å². The van der Waals surface area contributed by atoms with Gasteiger partial charge < -0.3 is 19.5 Å². The van der Waals surface area contributed by atoms with E-state index in [0.717, 1.165) is 24.9 Å². The predicted octanol–water partition coefficient (Wildman–Crippen LogP) is 3.56. The van der Waals surface area contributed by atoms with Crippen LogP contribution in [0.4, 0.5) is 0 Å². The number of amides is 1. The molecule has 0 bridgehead atoms. The predicted molar refractivity (Wildman–Crippen MR) is 114 cm³/mol. The number of nitrogens with zero attached hydrogens (tertiary/aromatic N) is 1. The average Bonchev–Trinajstić information content (AvgIpc) is 3.02. The van der Waals surface area contributed by atoms with Crippen LogP contribution in [0.15, 0.2) is 12.1 Å². The van der Waals surface area contributed by atoms with Crippen LogP contribution in [-0.2, 0) is 11.2 Å². The maximum Gasteiger partial charge on any atom is 0.224 e. The molecule has 1 atom stereocenters. The number of carbonyl (C=O) groups is 1. The second-order valence-corrected chi connectivity index (χ2v) is 8.26. The Balaban J connectivity index is 1.58. The van der Waals surface area contributed by atoms with Gasteiger partial charge in [0, 0.05) is 18.6 Å². The van der Waals surface area contributed by atoms with Crippen molar-refractivity contribution in [1.29, 1.82) is 0 Å². The molecule has 2 aliphatic rings. The molecule has 0 radical (unpaired) electrons. The van der Waals surface area contributed by atoms with E-state index in [2.05, 4.69) is 10.2 Å². The first-order valence-electron chi connectivity index (χ1n) is 11.0. The summed E-state index contributed by atoms with van der Waals surface area (Å²) in [5.74, 6) is 1.75. The van der Waals surface area contributed by atoms with Crippen molar-refractivity contribution < 1.29 is 19.0 Å². The van der Waals surface area contributed by atoms with E-state index >= 15 is 0 Å². The van der Waals surface area contributed by atoms with Gasteiger partial charge in [-0.1, -0.05) is 25.7 Å². The van der Waals surface area contributed by atoms with Gasteiger partial charge >= 0.3 is 0 Å². The molecule has 1 aromatic rings. The molecule has 6 heteroatoms. The largest absolute Gasteiger partial charge is 0.493 e. The van der Waals surface area contributed by atoms with E-state index in [1.54, 1.807) is 21.3 Å². The highest BCUT2D eigenvalue weighted by Gasteiger charge is 2.27. The quantitative estimate of drug-likeness (QED) is 0.704. The molecule has 1 heterocycles. The monoisotopic (exact) mass is 404 g/mol. The van der Waals surface area contributed by atoms with Crippen LogP contribution in [-0.4, -0.2) is 57.3 Å². The third-order valence-electron chi connectivity index (χ3n) is 6.25. The average molecular weight is 405 g/mol. The van der Waals surface area contributed by atoms with E-state index in [0.29, 0.717) is 29.7 Å². The van der Waals surface area contributed by atoms with E-state index in [9.17, 15) is 4.79 Å². The van der Waals surface area contributed by atoms with Crippen molar-refractivity contribution in [3.05, 3.63) is 17.7 Å². The molecule has 0 unspecified atom stereocenters. The number of rotatable bonds is 7. The lowest BCUT2D eigenvalue weighted by Gasteiger charge is -2.38. The summed E-state index contributed by atoms with van der Waals surface area (Å²) in [6.45, 7) is 2.15. The maximum absolute atomic E-state index is 12.7. The van der Waals surface area contributed by atoms with Gasteiger partial charge in [0.15, 0.2) is 11.5 Å². The molecule has 1 aromatic carbocycles. The van der Waals surface area contributed by atoms with Crippen molar-refractivity contribution in [2.45, 2.75) is 69.9 Å². The van der Waals surface area contributed by atoms with Gasteiger partial charge in [0.2, 0.25) is 11.7 Å². The number of piperidine rings is 1. The number of hydrogen-bond acceptors (Lipinski definition) is 5. The van der Waals surface area contributed by atoms with Crippen molar-refractivity contribution in [1.82, 2.24) is 10.2 Å². The molecule has 1 aliphatic carbocycles. The zero-order valence-corrected chi connectivity index (χ0v) is 18.2. The first-order chi connectivity index (χ1) is 14.1. The summed E-state index contributed by atoms with van der Waals surface area (Å²) in [6.07, 6.45) is 10.6. The summed E-state index contributed by atoms with van der Waals surface area (Å²) in [6, 6.07) is 4.63. The van der Waals surface area contributed by atoms with Crippen LogP contribution >= 0.6 is 0 Å². The minimum Gasteiger partial charge on any atom is -0.493 e. The SMILES string of the molecule is COc1cc(CC(=O)N[C@@H]2CCCN(C3CCCCCC3)C2)cc(OC)c1OC. The zero-order chi connectivity index (χ0) is 20.6. The summed E-state index contributed by atoms with van der Waals surface area (Å²) >= 11 is 0. The van der Waals surface area contributed by atoms with E-state index in [1.807, 2.05) is 12.1 Å². The lowest BCUT2D eigenvalue weighted by molar-refractivity contribution is -0.121. The van der Waals surface area contributed by atoms with Crippen LogP contribution in [0.3, 0.4) is 0 Å². The number of likely N-dealkylation sites (tertiary alicyclic amines) is 1. The molecule has 0 spiro atoms. The maximum atomic E-state index is 12.7. The van der Waals surface area contributed by atoms with Gasteiger partial charge in [-0.25, -0.2) is 0 Å². The lowest BCUT2D eigenvalue weighted by atomic mass is 9.99. The summed E-state index contributed by atoms with van der Waals surface area (Å²) < 4.78 is 16.2. The summed E-state index contributed by atoms with van der Waals surface area (Å²) in [7, 11) is 4.76. The molecule has 1 aliphatic heterocycles. The number of ether oxygens (including phenoxy) is 3. The Kier molecular flexibility index (Phi) is 8.04. The molecule has 162 valence electrons. The molecule has 1 saturated carbocycles. The van der Waals surface area contributed by atoms with Gasteiger partial charge in [0.25, 0.3) is 0 Å². The Labute approximate surface area is 174 Å². The molecular formula is C23H36N2O4. The Bertz CT molecular complexity index is 646. The Morgan fingerprint density at radius 2 is 1.62 bits per heavy atom. The number of hydrogen-bond donors (Lipinski definition) is 1. The first-order valence-corrected chi connectivity index (χ1v) is 11.0. The van der Waals surface area contributed by atoms with E-state index in [1.165, 1.54) is 45.1 Å².